The minimum Gasteiger partial charge on any atom is -0.478 e. The number of amides is 1. The predicted molar refractivity (Wildman–Crippen MR) is 85.1 cm³/mol. The summed E-state index contributed by atoms with van der Waals surface area (Å²) in [7, 11) is 0. The van der Waals surface area contributed by atoms with Gasteiger partial charge < -0.3 is 21.9 Å². The number of nitrogens with two attached hydrogens (primary N) is 2. The highest BCUT2D eigenvalue weighted by molar-refractivity contribution is 5.87. The number of nitrogens with one attached hydrogen (secondary N) is 1. The third kappa shape index (κ3) is 4.47. The Morgan fingerprint density at radius 1 is 1.41 bits per heavy atom. The van der Waals surface area contributed by atoms with Crippen LogP contribution < -0.4 is 16.8 Å². The molecule has 1 aliphatic rings. The molecule has 124 valence electrons. The van der Waals surface area contributed by atoms with E-state index >= 15 is 0 Å². The van der Waals surface area contributed by atoms with Gasteiger partial charge in [0.25, 0.3) is 0 Å². The van der Waals surface area contributed by atoms with E-state index in [0.717, 1.165) is 12.8 Å². The van der Waals surface area contributed by atoms with Crippen molar-refractivity contribution in [2.45, 2.75) is 52.1 Å². The summed E-state index contributed by atoms with van der Waals surface area (Å²) in [6, 6.07) is -0.536. The van der Waals surface area contributed by atoms with Gasteiger partial charge >= 0.3 is 5.97 Å². The number of rotatable bonds is 7. The molecule has 3 atom stereocenters. The van der Waals surface area contributed by atoms with Crippen LogP contribution in [0.5, 0.6) is 0 Å². The van der Waals surface area contributed by atoms with Crippen LogP contribution in [0.3, 0.4) is 0 Å². The predicted octanol–water partition coefficient (Wildman–Crippen LogP) is 0.600. The van der Waals surface area contributed by atoms with Gasteiger partial charge in [-0.05, 0) is 5.92 Å². The number of carboxylic acids is 1. The number of carbonyl (C=O) groups is 2. The van der Waals surface area contributed by atoms with Crippen LogP contribution >= 0.6 is 0 Å². The van der Waals surface area contributed by atoms with Crippen molar-refractivity contribution in [2.75, 3.05) is 0 Å². The maximum Gasteiger partial charge on any atom is 0.331 e. The molecular formula is C15H26N4O3. The first-order valence-corrected chi connectivity index (χ1v) is 7.59. The second-order valence-corrected chi connectivity index (χ2v) is 5.70. The fourth-order valence-electron chi connectivity index (χ4n) is 3.16. The highest BCUT2D eigenvalue weighted by Crippen LogP contribution is 2.34. The van der Waals surface area contributed by atoms with Crippen molar-refractivity contribution in [3.8, 4) is 0 Å². The molecule has 0 bridgehead atoms. The van der Waals surface area contributed by atoms with Crippen molar-refractivity contribution in [1.82, 2.24) is 5.32 Å². The van der Waals surface area contributed by atoms with E-state index in [-0.39, 0.29) is 42.2 Å². The number of carbonyl (C=O) groups excluding carboxylic acids is 1. The lowest BCUT2D eigenvalue weighted by Gasteiger charge is -2.32. The zero-order chi connectivity index (χ0) is 16.9. The average molecular weight is 310 g/mol. The van der Waals surface area contributed by atoms with Gasteiger partial charge in [-0.1, -0.05) is 32.8 Å². The van der Waals surface area contributed by atoms with Crippen molar-refractivity contribution in [3.63, 3.8) is 0 Å². The minimum absolute atomic E-state index is 0.0684. The van der Waals surface area contributed by atoms with E-state index in [4.69, 9.17) is 11.5 Å². The van der Waals surface area contributed by atoms with Crippen molar-refractivity contribution in [2.24, 2.45) is 28.3 Å². The molecule has 0 aliphatic heterocycles. The van der Waals surface area contributed by atoms with E-state index in [9.17, 15) is 14.7 Å². The molecule has 0 aromatic heterocycles. The number of aliphatic carboxylic acids is 1. The molecule has 0 radical (unpaired) electrons. The highest BCUT2D eigenvalue weighted by Gasteiger charge is 2.38. The summed E-state index contributed by atoms with van der Waals surface area (Å²) < 4.78 is 0. The van der Waals surface area contributed by atoms with Gasteiger partial charge in [0.2, 0.25) is 5.91 Å². The smallest absolute Gasteiger partial charge is 0.331 e. The molecule has 6 N–H and O–H groups in total. The lowest BCUT2D eigenvalue weighted by molar-refractivity contribution is -0.132. The third-order valence-electron chi connectivity index (χ3n) is 4.20. The Labute approximate surface area is 130 Å². The SMILES string of the molecule is CCC(CC)[C@@H](NC(C)=O)[C@@H]1C=C(C(=O)O)C[C@H]1N=C(N)N. The van der Waals surface area contributed by atoms with Gasteiger partial charge in [0, 0.05) is 30.9 Å². The van der Waals surface area contributed by atoms with Gasteiger partial charge in [0.15, 0.2) is 5.96 Å². The molecule has 0 heterocycles. The van der Waals surface area contributed by atoms with E-state index in [1.165, 1.54) is 6.92 Å². The second kappa shape index (κ2) is 7.82. The summed E-state index contributed by atoms with van der Waals surface area (Å²) in [5.41, 5.74) is 11.2. The summed E-state index contributed by atoms with van der Waals surface area (Å²) in [6.07, 6.45) is 3.72. The fraction of sp³-hybridized carbons (Fsp3) is 0.667. The second-order valence-electron chi connectivity index (χ2n) is 5.70. The maximum atomic E-state index is 11.6. The largest absolute Gasteiger partial charge is 0.478 e. The van der Waals surface area contributed by atoms with Crippen LogP contribution in [0.2, 0.25) is 0 Å². The minimum atomic E-state index is -0.968. The van der Waals surface area contributed by atoms with E-state index in [2.05, 4.69) is 24.2 Å². The number of aliphatic imine (C=N–C) groups is 1. The van der Waals surface area contributed by atoms with Crippen LogP contribution in [0.1, 0.15) is 40.0 Å². The summed E-state index contributed by atoms with van der Waals surface area (Å²) in [4.78, 5) is 27.0. The van der Waals surface area contributed by atoms with Gasteiger partial charge in [0.1, 0.15) is 0 Å². The molecule has 0 saturated carbocycles. The molecule has 0 unspecified atom stereocenters. The van der Waals surface area contributed by atoms with E-state index < -0.39 is 5.97 Å². The highest BCUT2D eigenvalue weighted by atomic mass is 16.4. The van der Waals surface area contributed by atoms with E-state index in [0.29, 0.717) is 5.57 Å². The molecule has 0 fully saturated rings. The lowest BCUT2D eigenvalue weighted by atomic mass is 9.82. The quantitative estimate of drug-likeness (QED) is 0.404. The first-order chi connectivity index (χ1) is 10.3. The molecule has 22 heavy (non-hydrogen) atoms. The molecule has 7 heteroatoms. The maximum absolute atomic E-state index is 11.6. The number of hydrogen-bond acceptors (Lipinski definition) is 3. The molecule has 0 spiro atoms. The molecule has 1 rings (SSSR count). The third-order valence-corrected chi connectivity index (χ3v) is 4.20. The van der Waals surface area contributed by atoms with E-state index in [1.807, 2.05) is 0 Å². The van der Waals surface area contributed by atoms with Crippen LogP contribution in [0, 0.1) is 11.8 Å². The summed E-state index contributed by atoms with van der Waals surface area (Å²) in [5, 5.41) is 12.2. The molecule has 7 nitrogen and oxygen atoms in total. The van der Waals surface area contributed by atoms with Crippen LogP contribution in [-0.2, 0) is 9.59 Å². The summed E-state index contributed by atoms with van der Waals surface area (Å²) in [6.45, 7) is 5.56. The number of hydrogen-bond donors (Lipinski definition) is 4. The first kappa shape index (κ1) is 18.0. The molecule has 1 aliphatic carbocycles. The molecule has 0 saturated heterocycles. The molecule has 1 amide bonds. The number of guanidine groups is 1. The lowest BCUT2D eigenvalue weighted by Crippen LogP contribution is -2.46. The van der Waals surface area contributed by atoms with Crippen LogP contribution in [0.4, 0.5) is 0 Å². The van der Waals surface area contributed by atoms with Crippen LogP contribution in [0.15, 0.2) is 16.6 Å². The average Bonchev–Trinajstić information content (AvgIpc) is 2.81. The summed E-state index contributed by atoms with van der Waals surface area (Å²) >= 11 is 0. The summed E-state index contributed by atoms with van der Waals surface area (Å²) in [5.74, 6) is -1.17. The van der Waals surface area contributed by atoms with Gasteiger partial charge in [-0.3, -0.25) is 4.79 Å². The van der Waals surface area contributed by atoms with E-state index in [1.54, 1.807) is 6.08 Å². The van der Waals surface area contributed by atoms with Crippen molar-refractivity contribution in [1.29, 1.82) is 0 Å². The Bertz CT molecular complexity index is 479. The van der Waals surface area contributed by atoms with Crippen LogP contribution in [-0.4, -0.2) is 35.0 Å². The number of nitrogens with zero attached hydrogens (tertiary/aromatic N) is 1. The topological polar surface area (TPSA) is 131 Å². The van der Waals surface area contributed by atoms with Gasteiger partial charge in [-0.25, -0.2) is 9.79 Å². The Balaban J connectivity index is 3.17. The normalized spacial score (nSPS) is 22.1. The Kier molecular flexibility index (Phi) is 6.39. The van der Waals surface area contributed by atoms with Gasteiger partial charge in [0.05, 0.1) is 6.04 Å². The van der Waals surface area contributed by atoms with Crippen molar-refractivity contribution in [3.05, 3.63) is 11.6 Å². The van der Waals surface area contributed by atoms with Crippen molar-refractivity contribution >= 4 is 17.8 Å². The zero-order valence-electron chi connectivity index (χ0n) is 13.4. The monoisotopic (exact) mass is 310 g/mol. The standard InChI is InChI=1S/C15H26N4O3/c1-4-9(5-2)13(18-8(3)20)11-6-10(14(21)22)7-12(11)19-15(16)17/h6,9,11-13H,4-5,7H2,1-3H3,(H,18,20)(H,21,22)(H4,16,17,19)/t11-,12-,13-/m1/s1. The van der Waals surface area contributed by atoms with Gasteiger partial charge in [-0.15, -0.1) is 0 Å². The Morgan fingerprint density at radius 2 is 2.00 bits per heavy atom. The molecule has 0 aromatic rings. The number of carboxylic acid groups (broad SMARTS) is 1. The molecular weight excluding hydrogens is 284 g/mol. The Hall–Kier alpha value is -2.05. The first-order valence-electron chi connectivity index (χ1n) is 7.59. The Morgan fingerprint density at radius 3 is 2.41 bits per heavy atom. The van der Waals surface area contributed by atoms with Crippen LogP contribution in [0.25, 0.3) is 0 Å². The zero-order valence-corrected chi connectivity index (χ0v) is 13.4. The fourth-order valence-corrected chi connectivity index (χ4v) is 3.16. The van der Waals surface area contributed by atoms with Crippen molar-refractivity contribution < 1.29 is 14.7 Å². The van der Waals surface area contributed by atoms with Gasteiger partial charge in [-0.2, -0.15) is 0 Å². The molecule has 0 aromatic carbocycles.